The van der Waals surface area contributed by atoms with Gasteiger partial charge in [-0.2, -0.15) is 0 Å². The van der Waals surface area contributed by atoms with Crippen molar-refractivity contribution in [3.63, 3.8) is 0 Å². The first-order valence-electron chi connectivity index (χ1n) is 7.02. The zero-order valence-corrected chi connectivity index (χ0v) is 12.2. The molecule has 1 aromatic carbocycles. The molecule has 2 atom stereocenters. The van der Waals surface area contributed by atoms with Crippen LogP contribution in [0.1, 0.15) is 44.4 Å². The van der Waals surface area contributed by atoms with E-state index >= 15 is 0 Å². The first-order chi connectivity index (χ1) is 8.99. The van der Waals surface area contributed by atoms with E-state index in [2.05, 4.69) is 43.0 Å². The minimum Gasteiger partial charge on any atom is -0.462 e. The van der Waals surface area contributed by atoms with Crippen LogP contribution in [0.15, 0.2) is 24.3 Å². The monoisotopic (exact) mass is 261 g/mol. The van der Waals surface area contributed by atoms with Crippen LogP contribution < -0.4 is 0 Å². The first kappa shape index (κ1) is 14.1. The lowest BCUT2D eigenvalue weighted by Crippen LogP contribution is -2.54. The van der Waals surface area contributed by atoms with Gasteiger partial charge in [0.15, 0.2) is 0 Å². The Labute approximate surface area is 115 Å². The zero-order valence-electron chi connectivity index (χ0n) is 12.2. The lowest BCUT2D eigenvalue weighted by atomic mass is 9.96. The molecular formula is C16H23NO2. The minimum atomic E-state index is -0.0831. The lowest BCUT2D eigenvalue weighted by molar-refractivity contribution is -0.160. The van der Waals surface area contributed by atoms with Crippen molar-refractivity contribution in [2.75, 3.05) is 6.54 Å². The standard InChI is InChI=1S/C16H23NO2/c1-11(2)19-16(18)15-9-10-17(15)13(4)14-7-5-12(3)6-8-14/h5-8,11,13,15H,9-10H2,1-4H3. The summed E-state index contributed by atoms with van der Waals surface area (Å²) in [5, 5.41) is 0. The molecule has 3 nitrogen and oxygen atoms in total. The fourth-order valence-corrected chi connectivity index (χ4v) is 2.47. The van der Waals surface area contributed by atoms with Crippen LogP contribution in [0.3, 0.4) is 0 Å². The normalized spacial score (nSPS) is 21.0. The molecule has 1 aliphatic rings. The van der Waals surface area contributed by atoms with Gasteiger partial charge in [-0.3, -0.25) is 9.69 Å². The van der Waals surface area contributed by atoms with E-state index in [0.29, 0.717) is 0 Å². The fourth-order valence-electron chi connectivity index (χ4n) is 2.47. The van der Waals surface area contributed by atoms with Crippen LogP contribution in [0.5, 0.6) is 0 Å². The lowest BCUT2D eigenvalue weighted by Gasteiger charge is -2.43. The van der Waals surface area contributed by atoms with Crippen molar-refractivity contribution in [3.05, 3.63) is 35.4 Å². The van der Waals surface area contributed by atoms with E-state index in [1.807, 2.05) is 13.8 Å². The van der Waals surface area contributed by atoms with Gasteiger partial charge in [0.1, 0.15) is 6.04 Å². The fraction of sp³-hybridized carbons (Fsp3) is 0.562. The number of esters is 1. The summed E-state index contributed by atoms with van der Waals surface area (Å²) in [5.41, 5.74) is 2.52. The van der Waals surface area contributed by atoms with Gasteiger partial charge in [0, 0.05) is 12.6 Å². The highest BCUT2D eigenvalue weighted by Gasteiger charge is 2.38. The van der Waals surface area contributed by atoms with Crippen LogP contribution in [-0.2, 0) is 9.53 Å². The summed E-state index contributed by atoms with van der Waals surface area (Å²) in [6.45, 7) is 8.99. The van der Waals surface area contributed by atoms with Gasteiger partial charge in [-0.1, -0.05) is 29.8 Å². The van der Waals surface area contributed by atoms with Gasteiger partial charge in [-0.15, -0.1) is 0 Å². The number of aryl methyl sites for hydroxylation is 1. The van der Waals surface area contributed by atoms with E-state index < -0.39 is 0 Å². The largest absolute Gasteiger partial charge is 0.462 e. The van der Waals surface area contributed by atoms with E-state index in [1.54, 1.807) is 0 Å². The molecule has 0 spiro atoms. The molecule has 0 saturated carbocycles. The Kier molecular flexibility index (Phi) is 4.25. The maximum Gasteiger partial charge on any atom is 0.323 e. The molecule has 1 aliphatic heterocycles. The smallest absolute Gasteiger partial charge is 0.323 e. The number of likely N-dealkylation sites (tertiary alicyclic amines) is 1. The Bertz CT molecular complexity index is 439. The third kappa shape index (κ3) is 3.16. The molecule has 0 aliphatic carbocycles. The summed E-state index contributed by atoms with van der Waals surface area (Å²) in [6.07, 6.45) is 0.867. The summed E-state index contributed by atoms with van der Waals surface area (Å²) in [7, 11) is 0. The third-order valence-corrected chi connectivity index (χ3v) is 3.74. The number of benzene rings is 1. The number of carbonyl (C=O) groups excluding carboxylic acids is 1. The van der Waals surface area contributed by atoms with Crippen LogP contribution in [0.4, 0.5) is 0 Å². The number of hydrogen-bond donors (Lipinski definition) is 0. The van der Waals surface area contributed by atoms with Crippen LogP contribution in [0.25, 0.3) is 0 Å². The molecule has 1 heterocycles. The number of rotatable bonds is 4. The third-order valence-electron chi connectivity index (χ3n) is 3.74. The number of ether oxygens (including phenoxy) is 1. The highest BCUT2D eigenvalue weighted by Crippen LogP contribution is 2.31. The van der Waals surface area contributed by atoms with Crippen molar-refractivity contribution in [1.29, 1.82) is 0 Å². The van der Waals surface area contributed by atoms with Crippen LogP contribution in [0, 0.1) is 6.92 Å². The summed E-state index contributed by atoms with van der Waals surface area (Å²) >= 11 is 0. The second-order valence-corrected chi connectivity index (χ2v) is 5.61. The molecular weight excluding hydrogens is 238 g/mol. The maximum absolute atomic E-state index is 12.0. The topological polar surface area (TPSA) is 29.5 Å². The average Bonchev–Trinajstić information content (AvgIpc) is 2.26. The Morgan fingerprint density at radius 2 is 1.89 bits per heavy atom. The molecule has 0 radical (unpaired) electrons. The highest BCUT2D eigenvalue weighted by atomic mass is 16.5. The van der Waals surface area contributed by atoms with Crippen LogP contribution >= 0.6 is 0 Å². The SMILES string of the molecule is Cc1ccc(C(C)N2CCC2C(=O)OC(C)C)cc1. The average molecular weight is 261 g/mol. The van der Waals surface area contributed by atoms with E-state index in [1.165, 1.54) is 11.1 Å². The van der Waals surface area contributed by atoms with Crippen molar-refractivity contribution in [3.8, 4) is 0 Å². The first-order valence-corrected chi connectivity index (χ1v) is 7.02. The van der Waals surface area contributed by atoms with E-state index in [-0.39, 0.29) is 24.2 Å². The Morgan fingerprint density at radius 1 is 1.26 bits per heavy atom. The van der Waals surface area contributed by atoms with Gasteiger partial charge in [-0.25, -0.2) is 0 Å². The number of carbonyl (C=O) groups is 1. The van der Waals surface area contributed by atoms with Crippen molar-refractivity contribution in [2.24, 2.45) is 0 Å². The molecule has 0 bridgehead atoms. The predicted molar refractivity (Wildman–Crippen MR) is 75.9 cm³/mol. The molecule has 0 N–H and O–H groups in total. The predicted octanol–water partition coefficient (Wildman–Crippen LogP) is 3.08. The van der Waals surface area contributed by atoms with E-state index in [0.717, 1.165) is 13.0 Å². The summed E-state index contributed by atoms with van der Waals surface area (Å²) < 4.78 is 5.31. The van der Waals surface area contributed by atoms with E-state index in [9.17, 15) is 4.79 Å². The van der Waals surface area contributed by atoms with Crippen molar-refractivity contribution < 1.29 is 9.53 Å². The molecule has 0 amide bonds. The van der Waals surface area contributed by atoms with Crippen LogP contribution in [-0.4, -0.2) is 29.6 Å². The Morgan fingerprint density at radius 3 is 2.37 bits per heavy atom. The van der Waals surface area contributed by atoms with Gasteiger partial charge in [-0.05, 0) is 39.7 Å². The molecule has 1 aromatic rings. The summed E-state index contributed by atoms with van der Waals surface area (Å²) in [5.74, 6) is -0.0831. The number of hydrogen-bond acceptors (Lipinski definition) is 3. The second-order valence-electron chi connectivity index (χ2n) is 5.61. The van der Waals surface area contributed by atoms with Crippen molar-refractivity contribution >= 4 is 5.97 Å². The zero-order chi connectivity index (χ0) is 14.0. The number of nitrogens with zero attached hydrogens (tertiary/aromatic N) is 1. The second kappa shape index (κ2) is 5.74. The van der Waals surface area contributed by atoms with Crippen molar-refractivity contribution in [2.45, 2.75) is 52.3 Å². The van der Waals surface area contributed by atoms with Gasteiger partial charge < -0.3 is 4.74 Å². The van der Waals surface area contributed by atoms with Gasteiger partial charge in [0.05, 0.1) is 6.10 Å². The van der Waals surface area contributed by atoms with Gasteiger partial charge in [0.25, 0.3) is 0 Å². The van der Waals surface area contributed by atoms with Gasteiger partial charge >= 0.3 is 5.97 Å². The highest BCUT2D eigenvalue weighted by molar-refractivity contribution is 5.77. The van der Waals surface area contributed by atoms with Gasteiger partial charge in [0.2, 0.25) is 0 Å². The summed E-state index contributed by atoms with van der Waals surface area (Å²) in [6, 6.07) is 8.71. The molecule has 19 heavy (non-hydrogen) atoms. The molecule has 104 valence electrons. The van der Waals surface area contributed by atoms with Crippen LogP contribution in [0.2, 0.25) is 0 Å². The molecule has 2 unspecified atom stereocenters. The summed E-state index contributed by atoms with van der Waals surface area (Å²) in [4.78, 5) is 14.2. The van der Waals surface area contributed by atoms with Crippen molar-refractivity contribution in [1.82, 2.24) is 4.90 Å². The molecule has 2 rings (SSSR count). The molecule has 3 heteroatoms. The quantitative estimate of drug-likeness (QED) is 0.780. The molecule has 0 aromatic heterocycles. The molecule has 1 saturated heterocycles. The van der Waals surface area contributed by atoms with E-state index in [4.69, 9.17) is 4.74 Å². The maximum atomic E-state index is 12.0. The Balaban J connectivity index is 2.02. The Hall–Kier alpha value is -1.35. The minimum absolute atomic E-state index is 0.0374. The molecule has 1 fully saturated rings.